The molecule has 4 rings (SSSR count). The maximum absolute atomic E-state index is 13.3. The molecule has 4 aromatic rings. The van der Waals surface area contributed by atoms with Crippen molar-refractivity contribution in [2.24, 2.45) is 0 Å². The van der Waals surface area contributed by atoms with Crippen LogP contribution in [0.25, 0.3) is 17.0 Å². The molecule has 0 saturated heterocycles. The van der Waals surface area contributed by atoms with Gasteiger partial charge in [0.15, 0.2) is 11.5 Å². The van der Waals surface area contributed by atoms with Crippen LogP contribution in [0.2, 0.25) is 0 Å². The van der Waals surface area contributed by atoms with Gasteiger partial charge in [-0.25, -0.2) is 15.0 Å². The molecule has 0 radical (unpaired) electrons. The third kappa shape index (κ3) is 3.64. The SMILES string of the molecule is Cc1cccc2nc(CNc3cc(C(F)(F)F)nc(-c4ccncc4)n3)cn12. The van der Waals surface area contributed by atoms with E-state index in [2.05, 4.69) is 25.3 Å². The molecule has 0 bridgehead atoms. The molecule has 142 valence electrons. The summed E-state index contributed by atoms with van der Waals surface area (Å²) in [7, 11) is 0. The average Bonchev–Trinajstić information content (AvgIpc) is 3.11. The molecule has 4 aromatic heterocycles. The van der Waals surface area contributed by atoms with E-state index < -0.39 is 11.9 Å². The zero-order valence-electron chi connectivity index (χ0n) is 14.8. The van der Waals surface area contributed by atoms with Crippen LogP contribution in [0, 0.1) is 6.92 Å². The van der Waals surface area contributed by atoms with Crippen molar-refractivity contribution in [1.82, 2.24) is 24.3 Å². The van der Waals surface area contributed by atoms with E-state index in [1.807, 2.05) is 35.7 Å². The molecule has 0 atom stereocenters. The van der Waals surface area contributed by atoms with Crippen molar-refractivity contribution in [1.29, 1.82) is 0 Å². The van der Waals surface area contributed by atoms with Crippen molar-refractivity contribution in [3.63, 3.8) is 0 Å². The molecule has 0 unspecified atom stereocenters. The van der Waals surface area contributed by atoms with Crippen LogP contribution in [0.15, 0.2) is 55.0 Å². The molecule has 1 N–H and O–H groups in total. The van der Waals surface area contributed by atoms with Crippen LogP contribution in [0.5, 0.6) is 0 Å². The zero-order chi connectivity index (χ0) is 19.7. The van der Waals surface area contributed by atoms with Gasteiger partial charge in [-0.2, -0.15) is 13.2 Å². The first-order chi connectivity index (χ1) is 13.4. The van der Waals surface area contributed by atoms with Crippen molar-refractivity contribution in [2.75, 3.05) is 5.32 Å². The molecule has 0 aliphatic rings. The molecule has 0 fully saturated rings. The number of halogens is 3. The van der Waals surface area contributed by atoms with Gasteiger partial charge in [0.05, 0.1) is 12.2 Å². The number of aryl methyl sites for hydroxylation is 1. The van der Waals surface area contributed by atoms with Crippen LogP contribution in [-0.2, 0) is 12.7 Å². The molecule has 6 nitrogen and oxygen atoms in total. The molecule has 0 amide bonds. The molecule has 0 saturated carbocycles. The first-order valence-corrected chi connectivity index (χ1v) is 8.44. The molecular formula is C19H15F3N6. The Bertz CT molecular complexity index is 1120. The van der Waals surface area contributed by atoms with Gasteiger partial charge in [-0.1, -0.05) is 6.07 Å². The van der Waals surface area contributed by atoms with Crippen molar-refractivity contribution in [3.8, 4) is 11.4 Å². The van der Waals surface area contributed by atoms with Crippen LogP contribution >= 0.6 is 0 Å². The Hall–Kier alpha value is -3.49. The molecule has 0 spiro atoms. The topological polar surface area (TPSA) is 68.0 Å². The fourth-order valence-corrected chi connectivity index (χ4v) is 2.78. The highest BCUT2D eigenvalue weighted by atomic mass is 19.4. The first-order valence-electron chi connectivity index (χ1n) is 8.44. The third-order valence-electron chi connectivity index (χ3n) is 4.15. The summed E-state index contributed by atoms with van der Waals surface area (Å²) in [6.45, 7) is 2.18. The number of aromatic nitrogens is 5. The molecule has 0 aliphatic heterocycles. The second kappa shape index (κ2) is 6.91. The van der Waals surface area contributed by atoms with E-state index in [9.17, 15) is 13.2 Å². The first kappa shape index (κ1) is 17.9. The van der Waals surface area contributed by atoms with Crippen LogP contribution in [0.3, 0.4) is 0 Å². The van der Waals surface area contributed by atoms with E-state index in [4.69, 9.17) is 0 Å². The Labute approximate surface area is 158 Å². The van der Waals surface area contributed by atoms with Gasteiger partial charge in [-0.05, 0) is 31.2 Å². The number of pyridine rings is 2. The quantitative estimate of drug-likeness (QED) is 0.573. The Morgan fingerprint density at radius 2 is 1.82 bits per heavy atom. The normalized spacial score (nSPS) is 11.7. The summed E-state index contributed by atoms with van der Waals surface area (Å²) < 4.78 is 41.7. The molecule has 0 aromatic carbocycles. The van der Waals surface area contributed by atoms with Crippen LogP contribution in [0.4, 0.5) is 19.0 Å². The van der Waals surface area contributed by atoms with Crippen molar-refractivity contribution < 1.29 is 13.2 Å². The van der Waals surface area contributed by atoms with Gasteiger partial charge in [0, 0.05) is 35.9 Å². The lowest BCUT2D eigenvalue weighted by atomic mass is 10.2. The number of imidazole rings is 1. The Kier molecular flexibility index (Phi) is 4.42. The van der Waals surface area contributed by atoms with Crippen LogP contribution in [0.1, 0.15) is 17.1 Å². The number of anilines is 1. The monoisotopic (exact) mass is 384 g/mol. The predicted octanol–water partition coefficient (Wildman–Crippen LogP) is 4.13. The summed E-state index contributed by atoms with van der Waals surface area (Å²) in [5.74, 6) is 0.0495. The van der Waals surface area contributed by atoms with E-state index in [0.717, 1.165) is 17.4 Å². The van der Waals surface area contributed by atoms with Gasteiger partial charge in [0.25, 0.3) is 0 Å². The summed E-state index contributed by atoms with van der Waals surface area (Å²) in [5, 5.41) is 2.92. The number of fused-ring (bicyclic) bond motifs is 1. The third-order valence-corrected chi connectivity index (χ3v) is 4.15. The highest BCUT2D eigenvalue weighted by Gasteiger charge is 2.33. The van der Waals surface area contributed by atoms with E-state index >= 15 is 0 Å². The Morgan fingerprint density at radius 3 is 2.54 bits per heavy atom. The van der Waals surface area contributed by atoms with E-state index in [0.29, 0.717) is 11.3 Å². The minimum absolute atomic E-state index is 0.0226. The summed E-state index contributed by atoms with van der Waals surface area (Å²) in [6, 6.07) is 9.73. The lowest BCUT2D eigenvalue weighted by Gasteiger charge is -2.11. The number of rotatable bonds is 4. The predicted molar refractivity (Wildman–Crippen MR) is 97.5 cm³/mol. The highest BCUT2D eigenvalue weighted by Crippen LogP contribution is 2.30. The van der Waals surface area contributed by atoms with E-state index in [1.165, 1.54) is 12.4 Å². The fourth-order valence-electron chi connectivity index (χ4n) is 2.78. The second-order valence-electron chi connectivity index (χ2n) is 6.18. The summed E-state index contributed by atoms with van der Waals surface area (Å²) >= 11 is 0. The van der Waals surface area contributed by atoms with Gasteiger partial charge < -0.3 is 9.72 Å². The largest absolute Gasteiger partial charge is 0.433 e. The van der Waals surface area contributed by atoms with Crippen LogP contribution in [-0.4, -0.2) is 24.3 Å². The number of nitrogens with one attached hydrogen (secondary N) is 1. The van der Waals surface area contributed by atoms with Crippen LogP contribution < -0.4 is 5.32 Å². The Morgan fingerprint density at radius 1 is 1.04 bits per heavy atom. The van der Waals surface area contributed by atoms with Gasteiger partial charge in [-0.15, -0.1) is 0 Å². The van der Waals surface area contributed by atoms with Gasteiger partial charge in [-0.3, -0.25) is 4.98 Å². The number of nitrogens with zero attached hydrogens (tertiary/aromatic N) is 5. The summed E-state index contributed by atoms with van der Waals surface area (Å²) in [6.07, 6.45) is 0.213. The zero-order valence-corrected chi connectivity index (χ0v) is 14.8. The molecule has 0 aliphatic carbocycles. The minimum atomic E-state index is -4.58. The Balaban J connectivity index is 1.65. The van der Waals surface area contributed by atoms with Gasteiger partial charge in [0.2, 0.25) is 0 Å². The molecule has 9 heteroatoms. The maximum Gasteiger partial charge on any atom is 0.433 e. The summed E-state index contributed by atoms with van der Waals surface area (Å²) in [4.78, 5) is 16.2. The molecule has 4 heterocycles. The number of hydrogen-bond donors (Lipinski definition) is 1. The van der Waals surface area contributed by atoms with E-state index in [1.54, 1.807) is 12.1 Å². The van der Waals surface area contributed by atoms with Crippen molar-refractivity contribution >= 4 is 11.5 Å². The molecular weight excluding hydrogens is 369 g/mol. The van der Waals surface area contributed by atoms with E-state index in [-0.39, 0.29) is 18.2 Å². The lowest BCUT2D eigenvalue weighted by molar-refractivity contribution is -0.141. The maximum atomic E-state index is 13.3. The summed E-state index contributed by atoms with van der Waals surface area (Å²) in [5.41, 5.74) is 1.91. The minimum Gasteiger partial charge on any atom is -0.364 e. The smallest absolute Gasteiger partial charge is 0.364 e. The molecule has 28 heavy (non-hydrogen) atoms. The number of hydrogen-bond acceptors (Lipinski definition) is 5. The van der Waals surface area contributed by atoms with Gasteiger partial charge in [0.1, 0.15) is 11.5 Å². The number of alkyl halides is 3. The lowest BCUT2D eigenvalue weighted by Crippen LogP contribution is -2.12. The van der Waals surface area contributed by atoms with Gasteiger partial charge >= 0.3 is 6.18 Å². The average molecular weight is 384 g/mol. The van der Waals surface area contributed by atoms with Crippen molar-refractivity contribution in [2.45, 2.75) is 19.6 Å². The fraction of sp³-hybridized carbons (Fsp3) is 0.158. The van der Waals surface area contributed by atoms with Crippen molar-refractivity contribution in [3.05, 3.63) is 72.1 Å². The second-order valence-corrected chi connectivity index (χ2v) is 6.18. The standard InChI is InChI=1S/C19H15F3N6/c1-12-3-2-4-17-25-14(11-28(12)17)10-24-16-9-15(19(20,21)22)26-18(27-16)13-5-7-23-8-6-13/h2-9,11H,10H2,1H3,(H,24,26,27). The highest BCUT2D eigenvalue weighted by molar-refractivity contribution is 5.57.